The van der Waals surface area contributed by atoms with Gasteiger partial charge >= 0.3 is 0 Å². The van der Waals surface area contributed by atoms with Gasteiger partial charge in [0.15, 0.2) is 0 Å². The molecule has 4 atom stereocenters. The van der Waals surface area contributed by atoms with E-state index in [9.17, 15) is 14.4 Å². The Labute approximate surface area is 168 Å². The van der Waals surface area contributed by atoms with Gasteiger partial charge in [0, 0.05) is 20.6 Å². The van der Waals surface area contributed by atoms with Gasteiger partial charge in [-0.15, -0.1) is 0 Å². The van der Waals surface area contributed by atoms with Crippen molar-refractivity contribution in [3.05, 3.63) is 73.7 Å². The molecule has 0 saturated carbocycles. The lowest BCUT2D eigenvalue weighted by atomic mass is 9.94. The fourth-order valence-corrected chi connectivity index (χ4v) is 5.22. The fourth-order valence-electron chi connectivity index (χ4n) is 3.04. The van der Waals surface area contributed by atoms with Gasteiger partial charge in [0.25, 0.3) is 0 Å². The van der Waals surface area contributed by atoms with Gasteiger partial charge in [0.2, 0.25) is 0 Å². The molecule has 1 aliphatic heterocycles. The largest absolute Gasteiger partial charge is 0.389 e. The van der Waals surface area contributed by atoms with Gasteiger partial charge in [-0.25, -0.2) is 0 Å². The van der Waals surface area contributed by atoms with Crippen LogP contribution in [0.5, 0.6) is 0 Å². The maximum atomic E-state index is 13.3. The molecule has 138 valence electrons. The first kappa shape index (κ1) is 19.6. The third-order valence-corrected chi connectivity index (χ3v) is 7.10. The second-order valence-electron chi connectivity index (χ2n) is 6.16. The van der Waals surface area contributed by atoms with Crippen molar-refractivity contribution in [1.29, 1.82) is 0 Å². The van der Waals surface area contributed by atoms with E-state index in [-0.39, 0.29) is 10.8 Å². The van der Waals surface area contributed by atoms with E-state index in [0.717, 1.165) is 5.56 Å². The summed E-state index contributed by atoms with van der Waals surface area (Å²) >= 11 is 9.71. The van der Waals surface area contributed by atoms with Gasteiger partial charge in [-0.1, -0.05) is 41.9 Å². The standard InChI is InChI=1S/C19H19BrClNO3S/c1-10(23)15-18(24)16-14(21)9-8-13(20)17(16)22-19(15)26(25)11(2)12-6-4-3-5-7-12/h3-11,18,22-24H,1-2H3. The summed E-state index contributed by atoms with van der Waals surface area (Å²) in [5.41, 5.74) is 2.22. The number of hydrogen-bond acceptors (Lipinski definition) is 4. The predicted octanol–water partition coefficient (Wildman–Crippen LogP) is 4.66. The summed E-state index contributed by atoms with van der Waals surface area (Å²) < 4.78 is 14.0. The average molecular weight is 457 g/mol. The quantitative estimate of drug-likeness (QED) is 0.626. The van der Waals surface area contributed by atoms with Crippen LogP contribution in [-0.2, 0) is 10.8 Å². The molecule has 2 aromatic carbocycles. The van der Waals surface area contributed by atoms with Crippen molar-refractivity contribution in [3.63, 3.8) is 0 Å². The first-order valence-corrected chi connectivity index (χ1v) is 10.5. The highest BCUT2D eigenvalue weighted by Gasteiger charge is 2.35. The second-order valence-corrected chi connectivity index (χ2v) is 9.13. The van der Waals surface area contributed by atoms with Crippen LogP contribution in [0, 0.1) is 0 Å². The fraction of sp³-hybridized carbons (Fsp3) is 0.263. The lowest BCUT2D eigenvalue weighted by molar-refractivity contribution is 0.152. The summed E-state index contributed by atoms with van der Waals surface area (Å²) in [4.78, 5) is 0. The highest BCUT2D eigenvalue weighted by Crippen LogP contribution is 2.46. The van der Waals surface area contributed by atoms with Crippen molar-refractivity contribution in [3.8, 4) is 0 Å². The highest BCUT2D eigenvalue weighted by atomic mass is 79.9. The van der Waals surface area contributed by atoms with E-state index in [0.29, 0.717) is 25.8 Å². The van der Waals surface area contributed by atoms with E-state index >= 15 is 0 Å². The zero-order valence-electron chi connectivity index (χ0n) is 14.2. The second kappa shape index (κ2) is 7.82. The molecular formula is C19H19BrClNO3S. The number of hydrogen-bond donors (Lipinski definition) is 3. The van der Waals surface area contributed by atoms with Gasteiger partial charge in [-0.05, 0) is 47.5 Å². The lowest BCUT2D eigenvalue weighted by Crippen LogP contribution is -2.28. The van der Waals surface area contributed by atoms with Crippen LogP contribution in [-0.4, -0.2) is 20.5 Å². The first-order valence-electron chi connectivity index (χ1n) is 8.13. The van der Waals surface area contributed by atoms with Gasteiger partial charge in [-0.3, -0.25) is 4.21 Å². The van der Waals surface area contributed by atoms with Crippen molar-refractivity contribution in [1.82, 2.24) is 0 Å². The molecule has 4 nitrogen and oxygen atoms in total. The Hall–Kier alpha value is -1.18. The number of fused-ring (bicyclic) bond motifs is 1. The van der Waals surface area contributed by atoms with Crippen molar-refractivity contribution in [2.75, 3.05) is 5.32 Å². The third kappa shape index (κ3) is 3.49. The Morgan fingerprint density at radius 3 is 2.46 bits per heavy atom. The Bertz CT molecular complexity index is 886. The van der Waals surface area contributed by atoms with E-state index in [2.05, 4.69) is 21.2 Å². The molecule has 7 heteroatoms. The highest BCUT2D eigenvalue weighted by molar-refractivity contribution is 9.10. The van der Waals surface area contributed by atoms with Crippen LogP contribution >= 0.6 is 27.5 Å². The van der Waals surface area contributed by atoms with Crippen LogP contribution in [0.25, 0.3) is 0 Å². The third-order valence-electron chi connectivity index (χ3n) is 4.45. The molecule has 0 bridgehead atoms. The maximum Gasteiger partial charge on any atom is 0.109 e. The van der Waals surface area contributed by atoms with Crippen LogP contribution in [0.15, 0.2) is 57.5 Å². The number of rotatable bonds is 4. The molecule has 0 aliphatic carbocycles. The minimum Gasteiger partial charge on any atom is -0.389 e. The minimum atomic E-state index is -1.51. The number of nitrogens with one attached hydrogen (secondary N) is 1. The number of aliphatic hydroxyl groups is 2. The minimum absolute atomic E-state index is 0.276. The molecule has 4 unspecified atom stereocenters. The van der Waals surface area contributed by atoms with E-state index in [1.807, 2.05) is 37.3 Å². The SMILES string of the molecule is CC(O)C1=C(S(=O)C(C)c2ccccc2)Nc2c(Br)ccc(Cl)c2C1O. The zero-order chi connectivity index (χ0) is 19.0. The maximum absolute atomic E-state index is 13.3. The first-order chi connectivity index (χ1) is 12.3. The summed E-state index contributed by atoms with van der Waals surface area (Å²) in [6.07, 6.45) is -2.12. The molecule has 1 aliphatic rings. The summed E-state index contributed by atoms with van der Waals surface area (Å²) in [5.74, 6) is 0. The monoisotopic (exact) mass is 455 g/mol. The molecule has 3 N–H and O–H groups in total. The van der Waals surface area contributed by atoms with Crippen LogP contribution in [0.1, 0.15) is 36.3 Å². The normalized spacial score (nSPS) is 20.2. The predicted molar refractivity (Wildman–Crippen MR) is 109 cm³/mol. The molecule has 0 aromatic heterocycles. The van der Waals surface area contributed by atoms with Gasteiger partial charge < -0.3 is 15.5 Å². The number of anilines is 1. The Balaban J connectivity index is 2.10. The van der Waals surface area contributed by atoms with Crippen LogP contribution in [0.4, 0.5) is 5.69 Å². The average Bonchev–Trinajstić information content (AvgIpc) is 2.63. The molecule has 2 aromatic rings. The molecule has 1 heterocycles. The number of benzene rings is 2. The van der Waals surface area contributed by atoms with Crippen LogP contribution in [0.3, 0.4) is 0 Å². The molecule has 3 rings (SSSR count). The van der Waals surface area contributed by atoms with Crippen molar-refractivity contribution >= 4 is 44.0 Å². The molecule has 0 amide bonds. The van der Waals surface area contributed by atoms with E-state index in [1.165, 1.54) is 0 Å². The Morgan fingerprint density at radius 1 is 1.19 bits per heavy atom. The van der Waals surface area contributed by atoms with E-state index in [1.54, 1.807) is 19.1 Å². The van der Waals surface area contributed by atoms with Crippen molar-refractivity contribution < 1.29 is 14.4 Å². The van der Waals surface area contributed by atoms with Gasteiger partial charge in [0.05, 0.1) is 27.8 Å². The Kier molecular flexibility index (Phi) is 5.89. The number of aliphatic hydroxyl groups excluding tert-OH is 2. The Morgan fingerprint density at radius 2 is 1.85 bits per heavy atom. The van der Waals surface area contributed by atoms with Crippen LogP contribution < -0.4 is 5.32 Å². The molecule has 0 saturated heterocycles. The molecule has 0 spiro atoms. The summed E-state index contributed by atoms with van der Waals surface area (Å²) in [6.45, 7) is 3.40. The summed E-state index contributed by atoms with van der Waals surface area (Å²) in [7, 11) is -1.51. The van der Waals surface area contributed by atoms with Crippen molar-refractivity contribution in [2.45, 2.75) is 31.3 Å². The van der Waals surface area contributed by atoms with Gasteiger partial charge in [0.1, 0.15) is 11.1 Å². The summed E-state index contributed by atoms with van der Waals surface area (Å²) in [6, 6.07) is 12.9. The van der Waals surface area contributed by atoms with E-state index < -0.39 is 23.0 Å². The summed E-state index contributed by atoms with van der Waals surface area (Å²) in [5, 5.41) is 24.7. The molecule has 0 radical (unpaired) electrons. The smallest absolute Gasteiger partial charge is 0.109 e. The molecule has 26 heavy (non-hydrogen) atoms. The van der Waals surface area contributed by atoms with Crippen LogP contribution in [0.2, 0.25) is 5.02 Å². The number of halogens is 2. The molecule has 0 fully saturated rings. The van der Waals surface area contributed by atoms with Crippen molar-refractivity contribution in [2.24, 2.45) is 0 Å². The topological polar surface area (TPSA) is 69.6 Å². The lowest BCUT2D eigenvalue weighted by Gasteiger charge is -2.32. The molecular weight excluding hydrogens is 438 g/mol. The zero-order valence-corrected chi connectivity index (χ0v) is 17.4. The van der Waals surface area contributed by atoms with E-state index in [4.69, 9.17) is 11.6 Å². The van der Waals surface area contributed by atoms with Gasteiger partial charge in [-0.2, -0.15) is 0 Å².